The van der Waals surface area contributed by atoms with Gasteiger partial charge in [-0.1, -0.05) is 13.0 Å². The maximum Gasteiger partial charge on any atom is 0.233 e. The van der Waals surface area contributed by atoms with E-state index in [1.165, 1.54) is 6.07 Å². The van der Waals surface area contributed by atoms with Crippen molar-refractivity contribution >= 4 is 5.91 Å². The molecule has 0 saturated heterocycles. The molecule has 4 nitrogen and oxygen atoms in total. The predicted octanol–water partition coefficient (Wildman–Crippen LogP) is 1.66. The molecule has 0 fully saturated rings. The van der Waals surface area contributed by atoms with Gasteiger partial charge in [-0.3, -0.25) is 9.69 Å². The van der Waals surface area contributed by atoms with Crippen molar-refractivity contribution in [1.29, 1.82) is 5.26 Å². The number of hydrogen-bond donors (Lipinski definition) is 1. The van der Waals surface area contributed by atoms with Crippen molar-refractivity contribution < 1.29 is 9.18 Å². The Morgan fingerprint density at radius 1 is 1.53 bits per heavy atom. The number of nitrogens with zero attached hydrogens (tertiary/aromatic N) is 2. The molecule has 5 heteroatoms. The van der Waals surface area contributed by atoms with E-state index in [2.05, 4.69) is 5.32 Å². The van der Waals surface area contributed by atoms with Crippen LogP contribution in [0.2, 0.25) is 0 Å². The minimum absolute atomic E-state index is 0.0949. The van der Waals surface area contributed by atoms with E-state index in [0.717, 1.165) is 6.42 Å². The van der Waals surface area contributed by atoms with Crippen LogP contribution in [0.1, 0.15) is 24.5 Å². The van der Waals surface area contributed by atoms with Gasteiger partial charge in [-0.25, -0.2) is 4.39 Å². The van der Waals surface area contributed by atoms with Crippen molar-refractivity contribution in [3.05, 3.63) is 35.1 Å². The van der Waals surface area contributed by atoms with Gasteiger partial charge in [0.15, 0.2) is 0 Å². The van der Waals surface area contributed by atoms with Crippen molar-refractivity contribution in [3.8, 4) is 6.07 Å². The molecule has 0 bridgehead atoms. The van der Waals surface area contributed by atoms with E-state index >= 15 is 0 Å². The van der Waals surface area contributed by atoms with Gasteiger partial charge in [0.2, 0.25) is 5.91 Å². The second kappa shape index (κ2) is 7.49. The number of nitriles is 1. The highest BCUT2D eigenvalue weighted by Gasteiger charge is 2.12. The first-order valence-corrected chi connectivity index (χ1v) is 6.22. The first kappa shape index (κ1) is 15.1. The van der Waals surface area contributed by atoms with Crippen LogP contribution in [-0.4, -0.2) is 30.9 Å². The Balaban J connectivity index is 2.78. The van der Waals surface area contributed by atoms with Crippen LogP contribution < -0.4 is 5.32 Å². The van der Waals surface area contributed by atoms with Crippen molar-refractivity contribution in [2.45, 2.75) is 19.9 Å². The molecule has 0 saturated carbocycles. The lowest BCUT2D eigenvalue weighted by Gasteiger charge is -2.21. The number of likely N-dealkylation sites (N-methyl/N-ethyl adjacent to an activating group) is 1. The maximum atomic E-state index is 13.8. The maximum absolute atomic E-state index is 13.8. The third kappa shape index (κ3) is 4.68. The second-order valence-corrected chi connectivity index (χ2v) is 4.30. The third-order valence-corrected chi connectivity index (χ3v) is 2.76. The summed E-state index contributed by atoms with van der Waals surface area (Å²) in [6, 6.07) is 6.30. The summed E-state index contributed by atoms with van der Waals surface area (Å²) in [6.45, 7) is 3.32. The van der Waals surface area contributed by atoms with Gasteiger partial charge >= 0.3 is 0 Å². The number of hydrogen-bond acceptors (Lipinski definition) is 3. The molecule has 0 unspecified atom stereocenters. The summed E-state index contributed by atoms with van der Waals surface area (Å²) < 4.78 is 13.8. The first-order chi connectivity index (χ1) is 9.10. The topological polar surface area (TPSA) is 56.1 Å². The third-order valence-electron chi connectivity index (χ3n) is 2.76. The number of rotatable bonds is 6. The predicted molar refractivity (Wildman–Crippen MR) is 70.7 cm³/mol. The molecule has 1 rings (SSSR count). The first-order valence-electron chi connectivity index (χ1n) is 6.22. The van der Waals surface area contributed by atoms with Crippen LogP contribution in [0, 0.1) is 17.1 Å². The Labute approximate surface area is 112 Å². The minimum Gasteiger partial charge on any atom is -0.358 e. The summed E-state index contributed by atoms with van der Waals surface area (Å²) in [4.78, 5) is 13.3. The fourth-order valence-corrected chi connectivity index (χ4v) is 1.80. The highest BCUT2D eigenvalue weighted by molar-refractivity contribution is 5.77. The summed E-state index contributed by atoms with van der Waals surface area (Å²) in [7, 11) is 1.58. The Morgan fingerprint density at radius 3 is 2.79 bits per heavy atom. The largest absolute Gasteiger partial charge is 0.358 e. The monoisotopic (exact) mass is 263 g/mol. The van der Waals surface area contributed by atoms with Gasteiger partial charge in [0.25, 0.3) is 0 Å². The van der Waals surface area contributed by atoms with Crippen molar-refractivity contribution in [2.75, 3.05) is 20.1 Å². The minimum atomic E-state index is -0.406. The van der Waals surface area contributed by atoms with E-state index in [1.54, 1.807) is 19.2 Å². The average Bonchev–Trinajstić information content (AvgIpc) is 2.41. The zero-order valence-corrected chi connectivity index (χ0v) is 11.2. The average molecular weight is 263 g/mol. The molecule has 0 aliphatic heterocycles. The molecule has 0 spiro atoms. The lowest BCUT2D eigenvalue weighted by Crippen LogP contribution is -2.35. The molecule has 0 heterocycles. The molecular formula is C14H18FN3O. The van der Waals surface area contributed by atoms with Crippen LogP contribution in [0.3, 0.4) is 0 Å². The van der Waals surface area contributed by atoms with Crippen LogP contribution in [0.15, 0.2) is 18.2 Å². The van der Waals surface area contributed by atoms with Gasteiger partial charge in [0.05, 0.1) is 18.2 Å². The van der Waals surface area contributed by atoms with Gasteiger partial charge in [-0.15, -0.1) is 0 Å². The highest BCUT2D eigenvalue weighted by Crippen LogP contribution is 2.12. The number of halogens is 1. The van der Waals surface area contributed by atoms with Gasteiger partial charge < -0.3 is 5.32 Å². The van der Waals surface area contributed by atoms with Gasteiger partial charge in [0.1, 0.15) is 5.82 Å². The SMILES string of the molecule is CCCN(CC(=O)NC)Cc1ccc(C#N)cc1F. The number of carbonyl (C=O) groups is 1. The van der Waals surface area contributed by atoms with E-state index in [0.29, 0.717) is 24.2 Å². The summed E-state index contributed by atoms with van der Waals surface area (Å²) in [5.74, 6) is -0.500. The van der Waals surface area contributed by atoms with Crippen LogP contribution in [0.4, 0.5) is 4.39 Å². The lowest BCUT2D eigenvalue weighted by atomic mass is 10.1. The lowest BCUT2D eigenvalue weighted by molar-refractivity contribution is -0.121. The van der Waals surface area contributed by atoms with E-state index in [-0.39, 0.29) is 12.5 Å². The molecule has 0 atom stereocenters. The Bertz CT molecular complexity index is 482. The van der Waals surface area contributed by atoms with E-state index < -0.39 is 5.82 Å². The second-order valence-electron chi connectivity index (χ2n) is 4.30. The summed E-state index contributed by atoms with van der Waals surface area (Å²) in [5.41, 5.74) is 0.797. The molecule has 102 valence electrons. The molecule has 1 N–H and O–H groups in total. The zero-order chi connectivity index (χ0) is 14.3. The van der Waals surface area contributed by atoms with Crippen LogP contribution in [-0.2, 0) is 11.3 Å². The van der Waals surface area contributed by atoms with Crippen molar-refractivity contribution in [1.82, 2.24) is 10.2 Å². The fourth-order valence-electron chi connectivity index (χ4n) is 1.80. The molecule has 19 heavy (non-hydrogen) atoms. The highest BCUT2D eigenvalue weighted by atomic mass is 19.1. The van der Waals surface area contributed by atoms with E-state index in [4.69, 9.17) is 5.26 Å². The van der Waals surface area contributed by atoms with E-state index in [9.17, 15) is 9.18 Å². The standard InChI is InChI=1S/C14H18FN3O/c1-3-6-18(10-14(19)17-2)9-12-5-4-11(8-16)7-13(12)15/h4-5,7H,3,6,9-10H2,1-2H3,(H,17,19). The molecule has 1 aromatic rings. The summed E-state index contributed by atoms with van der Waals surface area (Å²) in [6.07, 6.45) is 0.884. The molecule has 1 amide bonds. The molecule has 0 aromatic heterocycles. The molecule has 0 aliphatic rings. The number of carbonyl (C=O) groups excluding carboxylic acids is 1. The Hall–Kier alpha value is -1.93. The Morgan fingerprint density at radius 2 is 2.26 bits per heavy atom. The Kier molecular flexibility index (Phi) is 5.97. The molecule has 0 radical (unpaired) electrons. The summed E-state index contributed by atoms with van der Waals surface area (Å²) >= 11 is 0. The molecule has 1 aromatic carbocycles. The smallest absolute Gasteiger partial charge is 0.233 e. The molecular weight excluding hydrogens is 245 g/mol. The van der Waals surface area contributed by atoms with Crippen molar-refractivity contribution in [3.63, 3.8) is 0 Å². The molecule has 0 aliphatic carbocycles. The zero-order valence-electron chi connectivity index (χ0n) is 11.2. The van der Waals surface area contributed by atoms with E-state index in [1.807, 2.05) is 17.9 Å². The van der Waals surface area contributed by atoms with Gasteiger partial charge in [-0.2, -0.15) is 5.26 Å². The van der Waals surface area contributed by atoms with Crippen LogP contribution in [0.25, 0.3) is 0 Å². The number of benzene rings is 1. The normalized spacial score (nSPS) is 10.3. The fraction of sp³-hybridized carbons (Fsp3) is 0.429. The van der Waals surface area contributed by atoms with Gasteiger partial charge in [0, 0.05) is 19.2 Å². The summed E-state index contributed by atoms with van der Waals surface area (Å²) in [5, 5.41) is 11.2. The number of nitrogens with one attached hydrogen (secondary N) is 1. The number of amides is 1. The quantitative estimate of drug-likeness (QED) is 0.849. The van der Waals surface area contributed by atoms with Crippen LogP contribution >= 0.6 is 0 Å². The van der Waals surface area contributed by atoms with Crippen LogP contribution in [0.5, 0.6) is 0 Å². The van der Waals surface area contributed by atoms with Gasteiger partial charge in [-0.05, 0) is 25.1 Å². The van der Waals surface area contributed by atoms with Crippen molar-refractivity contribution in [2.24, 2.45) is 0 Å².